The van der Waals surface area contributed by atoms with Crippen molar-refractivity contribution >= 4 is 11.9 Å². The highest BCUT2D eigenvalue weighted by atomic mass is 16.5. The van der Waals surface area contributed by atoms with Gasteiger partial charge >= 0.3 is 11.9 Å². The lowest BCUT2D eigenvalue weighted by atomic mass is 9.77. The Kier molecular flexibility index (Phi) is 6.71. The number of likely N-dealkylation sites (tertiary alicyclic amines) is 2. The van der Waals surface area contributed by atoms with Gasteiger partial charge < -0.3 is 19.7 Å². The molecule has 2 N–H and O–H groups in total. The summed E-state index contributed by atoms with van der Waals surface area (Å²) in [5, 5.41) is 22.3. The zero-order valence-electron chi connectivity index (χ0n) is 22.3. The molecule has 204 valence electrons. The molecule has 4 heterocycles. The van der Waals surface area contributed by atoms with Gasteiger partial charge in [0, 0.05) is 43.2 Å². The molecule has 3 saturated heterocycles. The van der Waals surface area contributed by atoms with Crippen LogP contribution >= 0.6 is 0 Å². The molecule has 0 bridgehead atoms. The predicted molar refractivity (Wildman–Crippen MR) is 140 cm³/mol. The molecule has 38 heavy (non-hydrogen) atoms. The van der Waals surface area contributed by atoms with Gasteiger partial charge in [0.05, 0.1) is 24.4 Å². The third-order valence-corrected chi connectivity index (χ3v) is 9.69. The molecule has 1 aromatic rings. The quantitative estimate of drug-likeness (QED) is 0.550. The fourth-order valence-corrected chi connectivity index (χ4v) is 7.48. The van der Waals surface area contributed by atoms with Crippen LogP contribution in [-0.4, -0.2) is 83.9 Å². The maximum absolute atomic E-state index is 11.9. The van der Waals surface area contributed by atoms with Crippen LogP contribution in [0.2, 0.25) is 0 Å². The molecule has 0 radical (unpaired) electrons. The first-order chi connectivity index (χ1) is 18.2. The summed E-state index contributed by atoms with van der Waals surface area (Å²) in [6.45, 7) is 9.72. The van der Waals surface area contributed by atoms with Gasteiger partial charge in [0.1, 0.15) is 6.61 Å². The lowest BCUT2D eigenvalue weighted by molar-refractivity contribution is -0.135. The molecule has 1 spiro atoms. The van der Waals surface area contributed by atoms with Crippen molar-refractivity contribution < 1.29 is 29.3 Å². The van der Waals surface area contributed by atoms with E-state index >= 15 is 0 Å². The predicted octanol–water partition coefficient (Wildman–Crippen LogP) is 2.52. The summed E-state index contributed by atoms with van der Waals surface area (Å²) in [6, 6.07) is 3.65. The van der Waals surface area contributed by atoms with Crippen LogP contribution in [0.3, 0.4) is 0 Å². The number of β-amino-alcohol motifs (C(OH)–C–C–N with tert-alkyl or cyclic N) is 2. The third kappa shape index (κ3) is 4.51. The van der Waals surface area contributed by atoms with Crippen molar-refractivity contribution in [2.24, 2.45) is 17.3 Å². The number of hydrogen-bond acceptors (Lipinski definition) is 8. The second kappa shape index (κ2) is 9.90. The number of carbonyl (C=O) groups excluding carboxylic acids is 2. The van der Waals surface area contributed by atoms with E-state index in [1.54, 1.807) is 6.07 Å². The first-order valence-corrected chi connectivity index (χ1v) is 13.9. The SMILES string of the molecule is Cc1c([C@@H](O)CN2CCC3(CCCN(C[C@H](O)C4=CC=C5C(=O)OCC5C4C)C3)C2)ccc2c1COC2=O. The van der Waals surface area contributed by atoms with E-state index in [-0.39, 0.29) is 35.8 Å². The summed E-state index contributed by atoms with van der Waals surface area (Å²) < 4.78 is 10.4. The average molecular weight is 523 g/mol. The van der Waals surface area contributed by atoms with Gasteiger partial charge in [-0.05, 0) is 73.4 Å². The highest BCUT2D eigenvalue weighted by Gasteiger charge is 2.43. The number of aliphatic hydroxyl groups excluding tert-OH is 2. The number of rotatable bonds is 6. The number of allylic oxidation sites excluding steroid dienone is 2. The molecule has 4 aliphatic heterocycles. The van der Waals surface area contributed by atoms with Crippen LogP contribution in [0.15, 0.2) is 35.4 Å². The van der Waals surface area contributed by atoms with E-state index in [2.05, 4.69) is 16.7 Å². The van der Waals surface area contributed by atoms with E-state index < -0.39 is 12.2 Å². The van der Waals surface area contributed by atoms with Crippen molar-refractivity contribution in [3.8, 4) is 0 Å². The summed E-state index contributed by atoms with van der Waals surface area (Å²) in [4.78, 5) is 28.6. The zero-order valence-corrected chi connectivity index (χ0v) is 22.3. The number of fused-ring (bicyclic) bond motifs is 2. The number of aliphatic hydroxyl groups is 2. The summed E-state index contributed by atoms with van der Waals surface area (Å²) in [6.07, 6.45) is 5.94. The number of carbonyl (C=O) groups is 2. The van der Waals surface area contributed by atoms with Crippen LogP contribution in [0.5, 0.6) is 0 Å². The van der Waals surface area contributed by atoms with Crippen molar-refractivity contribution in [2.45, 2.75) is 51.9 Å². The highest BCUT2D eigenvalue weighted by molar-refractivity contribution is 5.94. The number of piperidine rings is 1. The molecule has 5 aliphatic rings. The van der Waals surface area contributed by atoms with Crippen molar-refractivity contribution in [1.82, 2.24) is 9.80 Å². The molecule has 5 atom stereocenters. The molecule has 3 unspecified atom stereocenters. The summed E-state index contributed by atoms with van der Waals surface area (Å²) in [5.74, 6) is -0.375. The molecular weight excluding hydrogens is 484 g/mol. The molecule has 8 heteroatoms. The number of hydrogen-bond donors (Lipinski definition) is 2. The monoisotopic (exact) mass is 522 g/mol. The minimum atomic E-state index is -0.614. The third-order valence-electron chi connectivity index (χ3n) is 9.69. The van der Waals surface area contributed by atoms with Crippen LogP contribution in [0.25, 0.3) is 0 Å². The first kappa shape index (κ1) is 25.7. The fraction of sp³-hybridized carbons (Fsp3) is 0.600. The van der Waals surface area contributed by atoms with E-state index in [0.717, 1.165) is 73.3 Å². The Morgan fingerprint density at radius 1 is 1.00 bits per heavy atom. The standard InChI is InChI=1S/C30H38N2O6/c1-18-20(4-6-22-24(18)14-37-28(22)35)26(33)12-31-10-3-8-30(16-31)9-11-32(17-30)13-27(34)21-5-7-23-25(19(21)2)15-38-29(23)36/h4-7,18,24,26-27,33-34H,3,8-17H2,1-2H3/t18?,24?,26-,27-,30?/m0/s1. The largest absolute Gasteiger partial charge is 0.462 e. The van der Waals surface area contributed by atoms with E-state index in [1.807, 2.05) is 25.1 Å². The molecule has 1 aromatic carbocycles. The number of cyclic esters (lactones) is 2. The van der Waals surface area contributed by atoms with Crippen molar-refractivity contribution in [2.75, 3.05) is 45.9 Å². The average Bonchev–Trinajstić information content (AvgIpc) is 3.58. The highest BCUT2D eigenvalue weighted by Crippen LogP contribution is 2.41. The Morgan fingerprint density at radius 2 is 1.76 bits per heavy atom. The fourth-order valence-electron chi connectivity index (χ4n) is 7.48. The molecule has 0 saturated carbocycles. The molecule has 0 aromatic heterocycles. The number of benzene rings is 1. The summed E-state index contributed by atoms with van der Waals surface area (Å²) >= 11 is 0. The molecule has 3 fully saturated rings. The Bertz CT molecular complexity index is 1210. The topological polar surface area (TPSA) is 99.5 Å². The smallest absolute Gasteiger partial charge is 0.338 e. The summed E-state index contributed by atoms with van der Waals surface area (Å²) in [5.41, 5.74) is 5.23. The lowest BCUT2D eigenvalue weighted by Gasteiger charge is -2.42. The minimum Gasteiger partial charge on any atom is -0.462 e. The molecule has 1 aliphatic carbocycles. The van der Waals surface area contributed by atoms with Gasteiger partial charge in [-0.1, -0.05) is 25.1 Å². The van der Waals surface area contributed by atoms with Gasteiger partial charge in [-0.2, -0.15) is 0 Å². The number of ether oxygens (including phenoxy) is 2. The maximum atomic E-state index is 11.9. The van der Waals surface area contributed by atoms with Crippen LogP contribution in [0.4, 0.5) is 0 Å². The maximum Gasteiger partial charge on any atom is 0.338 e. The Morgan fingerprint density at radius 3 is 2.58 bits per heavy atom. The number of esters is 2. The van der Waals surface area contributed by atoms with Gasteiger partial charge in [0.15, 0.2) is 0 Å². The molecule has 0 amide bonds. The normalized spacial score (nSPS) is 30.9. The number of nitrogens with zero attached hydrogens (tertiary/aromatic N) is 2. The van der Waals surface area contributed by atoms with Crippen molar-refractivity contribution in [3.05, 3.63) is 57.7 Å². The Labute approximate surface area is 223 Å². The molecule has 6 rings (SSSR count). The molecular formula is C30H38N2O6. The van der Waals surface area contributed by atoms with Gasteiger partial charge in [-0.15, -0.1) is 0 Å². The molecule has 8 nitrogen and oxygen atoms in total. The Balaban J connectivity index is 1.07. The van der Waals surface area contributed by atoms with Crippen LogP contribution in [0.1, 0.15) is 59.3 Å². The van der Waals surface area contributed by atoms with E-state index in [0.29, 0.717) is 25.3 Å². The van der Waals surface area contributed by atoms with Gasteiger partial charge in [0.25, 0.3) is 0 Å². The van der Waals surface area contributed by atoms with Crippen LogP contribution in [0, 0.1) is 24.2 Å². The van der Waals surface area contributed by atoms with Gasteiger partial charge in [0.2, 0.25) is 0 Å². The minimum absolute atomic E-state index is 0.0435. The van der Waals surface area contributed by atoms with E-state index in [9.17, 15) is 19.8 Å². The van der Waals surface area contributed by atoms with E-state index in [1.165, 1.54) is 0 Å². The van der Waals surface area contributed by atoms with Crippen molar-refractivity contribution in [1.29, 1.82) is 0 Å². The lowest BCUT2D eigenvalue weighted by Crippen LogP contribution is -2.48. The second-order valence-corrected chi connectivity index (χ2v) is 12.0. The van der Waals surface area contributed by atoms with Gasteiger partial charge in [-0.25, -0.2) is 9.59 Å². The van der Waals surface area contributed by atoms with E-state index in [4.69, 9.17) is 9.47 Å². The summed E-state index contributed by atoms with van der Waals surface area (Å²) in [7, 11) is 0. The first-order valence-electron chi connectivity index (χ1n) is 13.9. The van der Waals surface area contributed by atoms with Crippen molar-refractivity contribution in [3.63, 3.8) is 0 Å². The Hall–Kier alpha value is -2.52. The van der Waals surface area contributed by atoms with Gasteiger partial charge in [-0.3, -0.25) is 9.80 Å². The van der Waals surface area contributed by atoms with Crippen LogP contribution in [-0.2, 0) is 20.9 Å². The van der Waals surface area contributed by atoms with Crippen LogP contribution < -0.4 is 0 Å². The zero-order chi connectivity index (χ0) is 26.6. The second-order valence-electron chi connectivity index (χ2n) is 12.0.